The van der Waals surface area contributed by atoms with Gasteiger partial charge >= 0.3 is 0 Å². The van der Waals surface area contributed by atoms with Gasteiger partial charge in [0.25, 0.3) is 0 Å². The zero-order valence-electron chi connectivity index (χ0n) is 20.6. The molecule has 0 atom stereocenters. The standard InChI is InChI=1S/C27H27FN6O3/c1-34-9-6-17(7-10-34)32-25-13-21-24(14-26(25)36-2)30-16-31-27(21)33-23-4-3-19(12-22(23)28)37-20-5-8-29-18(11-20)15-35/h3-5,8,11-17,32H,6-7,9-10H2,1-2H3,(H,30,31,33). The van der Waals surface area contributed by atoms with E-state index < -0.39 is 5.82 Å². The molecular formula is C27H27FN6O3. The van der Waals surface area contributed by atoms with Crippen LogP contribution in [0.5, 0.6) is 17.2 Å². The highest BCUT2D eigenvalue weighted by molar-refractivity contribution is 5.95. The Morgan fingerprint density at radius 3 is 2.59 bits per heavy atom. The number of likely N-dealkylation sites (tertiary alicyclic amines) is 1. The van der Waals surface area contributed by atoms with Crippen molar-refractivity contribution < 1.29 is 18.7 Å². The van der Waals surface area contributed by atoms with E-state index in [9.17, 15) is 4.79 Å². The van der Waals surface area contributed by atoms with Crippen molar-refractivity contribution in [3.63, 3.8) is 0 Å². The molecule has 1 aliphatic rings. The van der Waals surface area contributed by atoms with Crippen LogP contribution in [0, 0.1) is 5.82 Å². The van der Waals surface area contributed by atoms with Crippen LogP contribution in [0.4, 0.5) is 21.6 Å². The first-order chi connectivity index (χ1) is 18.0. The van der Waals surface area contributed by atoms with E-state index in [0.29, 0.717) is 35.2 Å². The molecule has 9 nitrogen and oxygen atoms in total. The van der Waals surface area contributed by atoms with Gasteiger partial charge < -0.3 is 25.0 Å². The number of carbonyl (C=O) groups is 1. The minimum atomic E-state index is -0.521. The molecule has 1 aliphatic heterocycles. The molecule has 0 spiro atoms. The van der Waals surface area contributed by atoms with Crippen molar-refractivity contribution in [3.05, 3.63) is 66.5 Å². The highest BCUT2D eigenvalue weighted by Crippen LogP contribution is 2.35. The lowest BCUT2D eigenvalue weighted by Gasteiger charge is -2.30. The molecule has 5 rings (SSSR count). The molecule has 10 heteroatoms. The number of methoxy groups -OCH3 is 1. The minimum absolute atomic E-state index is 0.230. The first-order valence-electron chi connectivity index (χ1n) is 12.0. The summed E-state index contributed by atoms with van der Waals surface area (Å²) in [6.07, 6.45) is 5.57. The number of aromatic nitrogens is 3. The molecule has 2 aromatic heterocycles. The molecule has 190 valence electrons. The van der Waals surface area contributed by atoms with Crippen molar-refractivity contribution in [1.29, 1.82) is 0 Å². The Bertz CT molecular complexity index is 1420. The van der Waals surface area contributed by atoms with E-state index in [0.717, 1.165) is 37.0 Å². The van der Waals surface area contributed by atoms with E-state index in [1.54, 1.807) is 25.3 Å². The van der Waals surface area contributed by atoms with Crippen LogP contribution >= 0.6 is 0 Å². The summed E-state index contributed by atoms with van der Waals surface area (Å²) < 4.78 is 26.3. The number of ether oxygens (including phenoxy) is 2. The molecule has 0 aliphatic carbocycles. The number of halogens is 1. The third-order valence-corrected chi connectivity index (χ3v) is 6.34. The Labute approximate surface area is 213 Å². The zero-order chi connectivity index (χ0) is 25.8. The molecule has 37 heavy (non-hydrogen) atoms. The van der Waals surface area contributed by atoms with Gasteiger partial charge in [-0.2, -0.15) is 0 Å². The molecule has 1 saturated heterocycles. The van der Waals surface area contributed by atoms with Crippen molar-refractivity contribution in [3.8, 4) is 17.2 Å². The van der Waals surface area contributed by atoms with Crippen LogP contribution in [0.1, 0.15) is 23.3 Å². The lowest BCUT2D eigenvalue weighted by atomic mass is 10.0. The quantitative estimate of drug-likeness (QED) is 0.321. The SMILES string of the molecule is COc1cc2ncnc(Nc3ccc(Oc4ccnc(C=O)c4)cc3F)c2cc1NC1CCN(C)CC1. The van der Waals surface area contributed by atoms with Crippen LogP contribution in [0.3, 0.4) is 0 Å². The van der Waals surface area contributed by atoms with Gasteiger partial charge in [-0.1, -0.05) is 0 Å². The zero-order valence-corrected chi connectivity index (χ0v) is 20.6. The molecule has 4 aromatic rings. The molecule has 1 fully saturated rings. The molecular weight excluding hydrogens is 475 g/mol. The van der Waals surface area contributed by atoms with Gasteiger partial charge in [-0.3, -0.25) is 9.78 Å². The molecule has 0 radical (unpaired) electrons. The Hall–Kier alpha value is -4.31. The van der Waals surface area contributed by atoms with E-state index >= 15 is 4.39 Å². The van der Waals surface area contributed by atoms with E-state index in [1.165, 1.54) is 24.7 Å². The highest BCUT2D eigenvalue weighted by atomic mass is 19.1. The third kappa shape index (κ3) is 5.59. The lowest BCUT2D eigenvalue weighted by Crippen LogP contribution is -2.36. The topological polar surface area (TPSA) is 102 Å². The number of nitrogens with one attached hydrogen (secondary N) is 2. The monoisotopic (exact) mass is 502 g/mol. The van der Waals surface area contributed by atoms with Crippen molar-refractivity contribution in [2.45, 2.75) is 18.9 Å². The number of hydrogen-bond acceptors (Lipinski definition) is 9. The summed E-state index contributed by atoms with van der Waals surface area (Å²) in [4.78, 5) is 25.9. The molecule has 2 aromatic carbocycles. The number of nitrogens with zero attached hydrogens (tertiary/aromatic N) is 4. The minimum Gasteiger partial charge on any atom is -0.495 e. The second-order valence-electron chi connectivity index (χ2n) is 8.92. The Kier molecular flexibility index (Phi) is 7.09. The highest BCUT2D eigenvalue weighted by Gasteiger charge is 2.19. The second-order valence-corrected chi connectivity index (χ2v) is 8.92. The summed E-state index contributed by atoms with van der Waals surface area (Å²) in [5.41, 5.74) is 1.98. The molecule has 3 heterocycles. The Morgan fingerprint density at radius 2 is 1.84 bits per heavy atom. The van der Waals surface area contributed by atoms with Crippen LogP contribution in [-0.4, -0.2) is 59.4 Å². The van der Waals surface area contributed by atoms with Gasteiger partial charge in [0.15, 0.2) is 6.29 Å². The second kappa shape index (κ2) is 10.8. The van der Waals surface area contributed by atoms with Crippen LogP contribution in [0.2, 0.25) is 0 Å². The number of benzene rings is 2. The normalized spacial score (nSPS) is 14.4. The maximum Gasteiger partial charge on any atom is 0.168 e. The third-order valence-electron chi connectivity index (χ3n) is 6.34. The van der Waals surface area contributed by atoms with Crippen LogP contribution in [0.25, 0.3) is 10.9 Å². The summed E-state index contributed by atoms with van der Waals surface area (Å²) in [6.45, 7) is 2.06. The molecule has 0 saturated carbocycles. The lowest BCUT2D eigenvalue weighted by molar-refractivity contribution is 0.111. The number of anilines is 3. The number of fused-ring (bicyclic) bond motifs is 1. The van der Waals surface area contributed by atoms with Gasteiger partial charge in [0.2, 0.25) is 0 Å². The van der Waals surface area contributed by atoms with Crippen molar-refractivity contribution in [1.82, 2.24) is 19.9 Å². The first-order valence-corrected chi connectivity index (χ1v) is 12.0. The number of piperidine rings is 1. The van der Waals surface area contributed by atoms with Crippen molar-refractivity contribution >= 4 is 34.4 Å². The van der Waals surface area contributed by atoms with E-state index in [1.807, 2.05) is 12.1 Å². The van der Waals surface area contributed by atoms with Crippen LogP contribution < -0.4 is 20.1 Å². The summed E-state index contributed by atoms with van der Waals surface area (Å²) in [5, 5.41) is 7.42. The smallest absolute Gasteiger partial charge is 0.168 e. The fourth-order valence-corrected chi connectivity index (χ4v) is 4.32. The average molecular weight is 503 g/mol. The largest absolute Gasteiger partial charge is 0.495 e. The summed E-state index contributed by atoms with van der Waals surface area (Å²) in [6, 6.07) is 11.7. The number of aldehydes is 1. The number of hydrogen-bond donors (Lipinski definition) is 2. The van der Waals surface area contributed by atoms with E-state index in [-0.39, 0.29) is 17.1 Å². The summed E-state index contributed by atoms with van der Waals surface area (Å²) in [7, 11) is 3.76. The molecule has 0 amide bonds. The van der Waals surface area contributed by atoms with Crippen LogP contribution in [0.15, 0.2) is 55.0 Å². The van der Waals surface area contributed by atoms with Crippen molar-refractivity contribution in [2.75, 3.05) is 37.9 Å². The van der Waals surface area contributed by atoms with Gasteiger partial charge in [-0.15, -0.1) is 0 Å². The number of pyridine rings is 1. The maximum atomic E-state index is 15.0. The molecule has 0 unspecified atom stereocenters. The predicted octanol–water partition coefficient (Wildman–Crippen LogP) is 5.03. The fraction of sp³-hybridized carbons (Fsp3) is 0.259. The number of rotatable bonds is 8. The summed E-state index contributed by atoms with van der Waals surface area (Å²) >= 11 is 0. The van der Waals surface area contributed by atoms with Gasteiger partial charge in [0.05, 0.1) is 24.0 Å². The van der Waals surface area contributed by atoms with Gasteiger partial charge in [0, 0.05) is 35.8 Å². The Balaban J connectivity index is 1.39. The summed E-state index contributed by atoms with van der Waals surface area (Å²) in [5.74, 6) is 1.31. The van der Waals surface area contributed by atoms with Crippen LogP contribution in [-0.2, 0) is 0 Å². The maximum absolute atomic E-state index is 15.0. The van der Waals surface area contributed by atoms with Gasteiger partial charge in [0.1, 0.15) is 40.9 Å². The molecule has 2 N–H and O–H groups in total. The fourth-order valence-electron chi connectivity index (χ4n) is 4.32. The first kappa shape index (κ1) is 24.4. The predicted molar refractivity (Wildman–Crippen MR) is 140 cm³/mol. The average Bonchev–Trinajstić information content (AvgIpc) is 2.91. The van der Waals surface area contributed by atoms with Crippen molar-refractivity contribution in [2.24, 2.45) is 0 Å². The van der Waals surface area contributed by atoms with E-state index in [2.05, 4.69) is 37.5 Å². The van der Waals surface area contributed by atoms with E-state index in [4.69, 9.17) is 9.47 Å². The van der Waals surface area contributed by atoms with Gasteiger partial charge in [-0.05, 0) is 57.2 Å². The Morgan fingerprint density at radius 1 is 1.03 bits per heavy atom. The number of carbonyl (C=O) groups excluding carboxylic acids is 1. The molecule has 0 bridgehead atoms. The van der Waals surface area contributed by atoms with Gasteiger partial charge in [-0.25, -0.2) is 14.4 Å².